The van der Waals surface area contributed by atoms with E-state index in [-0.39, 0.29) is 5.11 Å². The van der Waals surface area contributed by atoms with Gasteiger partial charge in [0.25, 0.3) is 5.91 Å². The molecule has 0 aliphatic heterocycles. The topological polar surface area (TPSA) is 76.1 Å². The smallest absolute Gasteiger partial charge is 0.261 e. The monoisotopic (exact) mass is 456 g/mol. The summed E-state index contributed by atoms with van der Waals surface area (Å²) in [4.78, 5) is 12.5. The number of carbonyl (C=O) groups is 1. The Bertz CT molecular complexity index is 979. The third kappa shape index (κ3) is 3.90. The average molecular weight is 458 g/mol. The van der Waals surface area contributed by atoms with Gasteiger partial charge in [0.15, 0.2) is 5.11 Å². The lowest BCUT2D eigenvalue weighted by Crippen LogP contribution is -2.34. The minimum atomic E-state index is -0.407. The second kappa shape index (κ2) is 7.61. The van der Waals surface area contributed by atoms with Crippen molar-refractivity contribution in [1.82, 2.24) is 14.1 Å². The van der Waals surface area contributed by atoms with E-state index in [0.29, 0.717) is 33.1 Å². The van der Waals surface area contributed by atoms with Crippen LogP contribution in [0.15, 0.2) is 34.8 Å². The molecular weight excluding hydrogens is 448 g/mol. The van der Waals surface area contributed by atoms with Gasteiger partial charge in [-0.1, -0.05) is 27.5 Å². The predicted octanol–water partition coefficient (Wildman–Crippen LogP) is 4.24. The Morgan fingerprint density at radius 3 is 2.88 bits per heavy atom. The van der Waals surface area contributed by atoms with Crippen molar-refractivity contribution in [3.8, 4) is 5.75 Å². The van der Waals surface area contributed by atoms with E-state index >= 15 is 0 Å². The molecule has 0 bridgehead atoms. The van der Waals surface area contributed by atoms with Gasteiger partial charge in [0.1, 0.15) is 16.8 Å². The van der Waals surface area contributed by atoms with E-state index in [0.717, 1.165) is 16.2 Å². The molecule has 0 atom stereocenters. The van der Waals surface area contributed by atoms with Gasteiger partial charge in [-0.2, -0.15) is 8.75 Å². The summed E-state index contributed by atoms with van der Waals surface area (Å²) >= 11 is 15.8. The Hall–Kier alpha value is -1.81. The standard InChI is InChI=1S/C15H10BrClN4O2S2/c1-23-11-5-2-7(16)6-8(11)14(22)19-15(24)18-12-9(17)3-4-10-13(12)21-25-20-10/h2-6H,1H3,(H2,18,19,22,24). The third-order valence-electron chi connectivity index (χ3n) is 3.25. The molecule has 0 saturated carbocycles. The molecule has 0 unspecified atom stereocenters. The summed E-state index contributed by atoms with van der Waals surface area (Å²) in [5, 5.41) is 6.04. The van der Waals surface area contributed by atoms with Crippen molar-refractivity contribution in [2.45, 2.75) is 0 Å². The van der Waals surface area contributed by atoms with Crippen LogP contribution in [0.25, 0.3) is 11.0 Å². The van der Waals surface area contributed by atoms with Crippen molar-refractivity contribution in [3.05, 3.63) is 45.4 Å². The molecule has 1 aromatic heterocycles. The maximum Gasteiger partial charge on any atom is 0.261 e. The summed E-state index contributed by atoms with van der Waals surface area (Å²) in [6, 6.07) is 8.57. The van der Waals surface area contributed by atoms with Gasteiger partial charge in [0, 0.05) is 4.47 Å². The van der Waals surface area contributed by atoms with Crippen LogP contribution < -0.4 is 15.4 Å². The fourth-order valence-electron chi connectivity index (χ4n) is 2.12. The Labute approximate surface area is 166 Å². The fraction of sp³-hybridized carbons (Fsp3) is 0.0667. The zero-order valence-electron chi connectivity index (χ0n) is 12.7. The van der Waals surface area contributed by atoms with E-state index in [1.54, 1.807) is 30.3 Å². The second-order valence-electron chi connectivity index (χ2n) is 4.81. The highest BCUT2D eigenvalue weighted by atomic mass is 79.9. The molecule has 0 spiro atoms. The van der Waals surface area contributed by atoms with Crippen LogP contribution in [-0.4, -0.2) is 26.9 Å². The molecule has 0 radical (unpaired) electrons. The number of aromatic nitrogens is 2. The molecule has 25 heavy (non-hydrogen) atoms. The van der Waals surface area contributed by atoms with Gasteiger partial charge in [0.2, 0.25) is 0 Å². The van der Waals surface area contributed by atoms with E-state index in [2.05, 4.69) is 35.3 Å². The van der Waals surface area contributed by atoms with Gasteiger partial charge in [-0.15, -0.1) is 0 Å². The summed E-state index contributed by atoms with van der Waals surface area (Å²) in [6.07, 6.45) is 0. The first kappa shape index (κ1) is 18.0. The van der Waals surface area contributed by atoms with Crippen LogP contribution in [0.4, 0.5) is 5.69 Å². The number of nitrogens with zero attached hydrogens (tertiary/aromatic N) is 2. The number of thiocarbonyl (C=S) groups is 1. The van der Waals surface area contributed by atoms with E-state index in [1.165, 1.54) is 7.11 Å². The van der Waals surface area contributed by atoms with Crippen LogP contribution in [0.2, 0.25) is 5.02 Å². The van der Waals surface area contributed by atoms with E-state index < -0.39 is 5.91 Å². The SMILES string of the molecule is COc1ccc(Br)cc1C(=O)NC(=S)Nc1c(Cl)ccc2nsnc12. The summed E-state index contributed by atoms with van der Waals surface area (Å²) in [5.74, 6) is 0.0303. The van der Waals surface area contributed by atoms with Crippen molar-refractivity contribution >= 4 is 79.2 Å². The molecule has 3 rings (SSSR count). The van der Waals surface area contributed by atoms with Gasteiger partial charge in [-0.05, 0) is 42.5 Å². The van der Waals surface area contributed by atoms with Gasteiger partial charge in [0.05, 0.1) is 35.1 Å². The Morgan fingerprint density at radius 1 is 1.32 bits per heavy atom. The van der Waals surface area contributed by atoms with Crippen LogP contribution in [-0.2, 0) is 0 Å². The highest BCUT2D eigenvalue weighted by molar-refractivity contribution is 9.10. The number of methoxy groups -OCH3 is 1. The number of anilines is 1. The Morgan fingerprint density at radius 2 is 2.12 bits per heavy atom. The number of rotatable bonds is 3. The number of fused-ring (bicyclic) bond motifs is 1. The molecule has 0 saturated heterocycles. The molecule has 2 N–H and O–H groups in total. The first-order valence-electron chi connectivity index (χ1n) is 6.86. The number of carbonyl (C=O) groups excluding carboxylic acids is 1. The van der Waals surface area contributed by atoms with Crippen LogP contribution in [0, 0.1) is 0 Å². The van der Waals surface area contributed by atoms with Gasteiger partial charge < -0.3 is 10.1 Å². The molecule has 1 amide bonds. The molecule has 0 fully saturated rings. The Kier molecular flexibility index (Phi) is 5.48. The highest BCUT2D eigenvalue weighted by Crippen LogP contribution is 2.30. The van der Waals surface area contributed by atoms with Crippen molar-refractivity contribution in [2.24, 2.45) is 0 Å². The molecule has 128 valence electrons. The quantitative estimate of drug-likeness (QED) is 0.573. The lowest BCUT2D eigenvalue weighted by atomic mass is 10.2. The molecule has 0 aliphatic carbocycles. The summed E-state index contributed by atoms with van der Waals surface area (Å²) in [6.45, 7) is 0. The van der Waals surface area contributed by atoms with Crippen LogP contribution in [0.1, 0.15) is 10.4 Å². The summed E-state index contributed by atoms with van der Waals surface area (Å²) in [5.41, 5.74) is 2.13. The highest BCUT2D eigenvalue weighted by Gasteiger charge is 2.16. The maximum atomic E-state index is 12.5. The number of nitrogens with one attached hydrogen (secondary N) is 2. The van der Waals surface area contributed by atoms with E-state index in [9.17, 15) is 4.79 Å². The number of amides is 1. The summed E-state index contributed by atoms with van der Waals surface area (Å²) < 4.78 is 14.3. The van der Waals surface area contributed by atoms with Crippen molar-refractivity contribution < 1.29 is 9.53 Å². The zero-order chi connectivity index (χ0) is 18.0. The van der Waals surface area contributed by atoms with Gasteiger partial charge in [-0.25, -0.2) is 0 Å². The number of benzene rings is 2. The molecule has 2 aromatic carbocycles. The summed E-state index contributed by atoms with van der Waals surface area (Å²) in [7, 11) is 1.49. The predicted molar refractivity (Wildman–Crippen MR) is 107 cm³/mol. The number of ether oxygens (including phenoxy) is 1. The minimum Gasteiger partial charge on any atom is -0.496 e. The molecule has 10 heteroatoms. The minimum absolute atomic E-state index is 0.0921. The maximum absolute atomic E-state index is 12.5. The largest absolute Gasteiger partial charge is 0.496 e. The first-order chi connectivity index (χ1) is 12.0. The molecular formula is C15H10BrClN4O2S2. The van der Waals surface area contributed by atoms with E-state index in [4.69, 9.17) is 28.6 Å². The second-order valence-corrected chi connectivity index (χ2v) is 7.07. The number of halogens is 2. The van der Waals surface area contributed by atoms with E-state index in [1.807, 2.05) is 0 Å². The number of hydrogen-bond donors (Lipinski definition) is 2. The van der Waals surface area contributed by atoms with Crippen molar-refractivity contribution in [3.63, 3.8) is 0 Å². The Balaban J connectivity index is 1.81. The van der Waals surface area contributed by atoms with Crippen LogP contribution >= 0.6 is 51.5 Å². The average Bonchev–Trinajstić information content (AvgIpc) is 3.06. The molecule has 6 nitrogen and oxygen atoms in total. The van der Waals surface area contributed by atoms with Crippen molar-refractivity contribution in [2.75, 3.05) is 12.4 Å². The normalized spacial score (nSPS) is 10.5. The molecule has 3 aromatic rings. The fourth-order valence-corrected chi connectivity index (χ4v) is 3.42. The van der Waals surface area contributed by atoms with Gasteiger partial charge >= 0.3 is 0 Å². The third-order valence-corrected chi connectivity index (χ3v) is 4.80. The lowest BCUT2D eigenvalue weighted by molar-refractivity contribution is 0.0974. The van der Waals surface area contributed by atoms with Crippen LogP contribution in [0.3, 0.4) is 0 Å². The molecule has 0 aliphatic rings. The van der Waals surface area contributed by atoms with Gasteiger partial charge in [-0.3, -0.25) is 10.1 Å². The first-order valence-corrected chi connectivity index (χ1v) is 9.17. The van der Waals surface area contributed by atoms with Crippen molar-refractivity contribution in [1.29, 1.82) is 0 Å². The zero-order valence-corrected chi connectivity index (χ0v) is 16.6. The lowest BCUT2D eigenvalue weighted by Gasteiger charge is -2.13. The molecule has 1 heterocycles. The van der Waals surface area contributed by atoms with Crippen LogP contribution in [0.5, 0.6) is 5.75 Å². The number of hydrogen-bond acceptors (Lipinski definition) is 6.